The van der Waals surface area contributed by atoms with Gasteiger partial charge < -0.3 is 14.7 Å². The van der Waals surface area contributed by atoms with Crippen LogP contribution in [0.25, 0.3) is 33.4 Å². The number of nitrogens with zero attached hydrogens (tertiary/aromatic N) is 3. The molecule has 0 unspecified atom stereocenters. The first-order chi connectivity index (χ1) is 15.8. The molecule has 0 spiro atoms. The third-order valence-corrected chi connectivity index (χ3v) is 6.13. The van der Waals surface area contributed by atoms with Crippen LogP contribution in [0.2, 0.25) is 0 Å². The van der Waals surface area contributed by atoms with Gasteiger partial charge in [-0.05, 0) is 75.8 Å². The van der Waals surface area contributed by atoms with Gasteiger partial charge in [0.2, 0.25) is 0 Å². The van der Waals surface area contributed by atoms with E-state index in [0.717, 1.165) is 0 Å². The van der Waals surface area contributed by atoms with Crippen LogP contribution in [0.15, 0.2) is 91.0 Å². The lowest BCUT2D eigenvalue weighted by Gasteiger charge is -2.17. The highest BCUT2D eigenvalue weighted by molar-refractivity contribution is 5.88. The van der Waals surface area contributed by atoms with Crippen LogP contribution in [0.4, 0.5) is 17.1 Å². The molecule has 0 saturated carbocycles. The first-order valence-corrected chi connectivity index (χ1v) is 11.3. The van der Waals surface area contributed by atoms with E-state index in [1.807, 2.05) is 0 Å². The quantitative estimate of drug-likeness (QED) is 0.327. The van der Waals surface area contributed by atoms with Crippen molar-refractivity contribution >= 4 is 17.1 Å². The summed E-state index contributed by atoms with van der Waals surface area (Å²) in [6, 6.07) is 33.2. The van der Waals surface area contributed by atoms with Gasteiger partial charge in [0.15, 0.2) is 0 Å². The summed E-state index contributed by atoms with van der Waals surface area (Å²) < 4.78 is 0. The molecule has 33 heavy (non-hydrogen) atoms. The minimum Gasteiger partial charge on any atom is -0.378 e. The molecule has 0 aliphatic heterocycles. The van der Waals surface area contributed by atoms with Gasteiger partial charge >= 0.3 is 0 Å². The van der Waals surface area contributed by atoms with E-state index in [0.29, 0.717) is 0 Å². The maximum absolute atomic E-state index is 2.32. The Balaban J connectivity index is 1.82. The van der Waals surface area contributed by atoms with Gasteiger partial charge in [-0.2, -0.15) is 0 Å². The zero-order chi connectivity index (χ0) is 23.5. The van der Waals surface area contributed by atoms with Crippen molar-refractivity contribution in [2.75, 3.05) is 57.0 Å². The van der Waals surface area contributed by atoms with Crippen LogP contribution in [0.5, 0.6) is 0 Å². The van der Waals surface area contributed by atoms with E-state index in [2.05, 4.69) is 148 Å². The van der Waals surface area contributed by atoms with Gasteiger partial charge in [-0.25, -0.2) is 0 Å². The van der Waals surface area contributed by atoms with Crippen LogP contribution in [0, 0.1) is 0 Å². The van der Waals surface area contributed by atoms with Crippen LogP contribution >= 0.6 is 0 Å². The van der Waals surface area contributed by atoms with Crippen molar-refractivity contribution < 1.29 is 0 Å². The molecule has 0 N–H and O–H groups in total. The predicted molar refractivity (Wildman–Crippen MR) is 146 cm³/mol. The van der Waals surface area contributed by atoms with Crippen molar-refractivity contribution in [3.63, 3.8) is 0 Å². The fourth-order valence-corrected chi connectivity index (χ4v) is 4.04. The maximum Gasteiger partial charge on any atom is 0.0361 e. The molecule has 0 bridgehead atoms. The molecule has 0 radical (unpaired) electrons. The van der Waals surface area contributed by atoms with Crippen LogP contribution in [0.3, 0.4) is 0 Å². The summed E-state index contributed by atoms with van der Waals surface area (Å²) in [4.78, 5) is 6.39. The largest absolute Gasteiger partial charge is 0.378 e. The first kappa shape index (κ1) is 22.5. The van der Waals surface area contributed by atoms with Crippen molar-refractivity contribution in [3.8, 4) is 33.4 Å². The summed E-state index contributed by atoms with van der Waals surface area (Å²) in [5.74, 6) is 0. The van der Waals surface area contributed by atoms with Crippen molar-refractivity contribution in [1.82, 2.24) is 0 Å². The molecular formula is C30H33N3. The molecule has 4 aromatic rings. The molecule has 0 aliphatic rings. The predicted octanol–water partition coefficient (Wildman–Crippen LogP) is 6.89. The van der Waals surface area contributed by atoms with Crippen molar-refractivity contribution in [3.05, 3.63) is 91.0 Å². The summed E-state index contributed by atoms with van der Waals surface area (Å²) in [7, 11) is 12.4. The molecule has 0 fully saturated rings. The Labute approximate surface area is 198 Å². The fraction of sp³-hybridized carbons (Fsp3) is 0.200. The van der Waals surface area contributed by atoms with E-state index in [9.17, 15) is 0 Å². The van der Waals surface area contributed by atoms with Gasteiger partial charge in [-0.1, -0.05) is 48.5 Å². The molecular weight excluding hydrogens is 402 g/mol. The third kappa shape index (κ3) is 4.88. The lowest BCUT2D eigenvalue weighted by molar-refractivity contribution is 1.13. The number of anilines is 3. The number of hydrogen-bond acceptors (Lipinski definition) is 3. The van der Waals surface area contributed by atoms with E-state index in [1.54, 1.807) is 0 Å². The van der Waals surface area contributed by atoms with Gasteiger partial charge in [0, 0.05) is 59.3 Å². The highest BCUT2D eigenvalue weighted by atomic mass is 15.1. The van der Waals surface area contributed by atoms with E-state index >= 15 is 0 Å². The molecule has 0 atom stereocenters. The Morgan fingerprint density at radius 2 is 0.667 bits per heavy atom. The lowest BCUT2D eigenvalue weighted by Crippen LogP contribution is -2.08. The zero-order valence-corrected chi connectivity index (χ0v) is 20.5. The van der Waals surface area contributed by atoms with Crippen LogP contribution in [0.1, 0.15) is 0 Å². The lowest BCUT2D eigenvalue weighted by atomic mass is 9.91. The topological polar surface area (TPSA) is 9.72 Å². The minimum absolute atomic E-state index is 1.20. The van der Waals surface area contributed by atoms with Crippen molar-refractivity contribution in [2.45, 2.75) is 0 Å². The number of hydrogen-bond donors (Lipinski definition) is 0. The third-order valence-electron chi connectivity index (χ3n) is 6.13. The Hall–Kier alpha value is -3.72. The monoisotopic (exact) mass is 435 g/mol. The minimum atomic E-state index is 1.20. The van der Waals surface area contributed by atoms with E-state index in [1.165, 1.54) is 50.4 Å². The highest BCUT2D eigenvalue weighted by Crippen LogP contribution is 2.37. The molecule has 0 saturated heterocycles. The fourth-order valence-electron chi connectivity index (χ4n) is 4.04. The highest BCUT2D eigenvalue weighted by Gasteiger charge is 2.11. The van der Waals surface area contributed by atoms with E-state index < -0.39 is 0 Å². The molecule has 0 heterocycles. The average Bonchev–Trinajstić information content (AvgIpc) is 2.84. The Bertz CT molecular complexity index is 1200. The van der Waals surface area contributed by atoms with Gasteiger partial charge in [0.05, 0.1) is 0 Å². The Morgan fingerprint density at radius 3 is 1.06 bits per heavy atom. The molecule has 0 aliphatic carbocycles. The van der Waals surface area contributed by atoms with Crippen LogP contribution in [-0.2, 0) is 0 Å². The average molecular weight is 436 g/mol. The molecule has 3 nitrogen and oxygen atoms in total. The van der Waals surface area contributed by atoms with Gasteiger partial charge in [-0.3, -0.25) is 0 Å². The van der Waals surface area contributed by atoms with Crippen molar-refractivity contribution in [1.29, 1.82) is 0 Å². The van der Waals surface area contributed by atoms with Gasteiger partial charge in [0.1, 0.15) is 0 Å². The molecule has 168 valence electrons. The second kappa shape index (κ2) is 9.41. The van der Waals surface area contributed by atoms with Gasteiger partial charge in [0.25, 0.3) is 0 Å². The first-order valence-electron chi connectivity index (χ1n) is 11.3. The van der Waals surface area contributed by atoms with E-state index in [-0.39, 0.29) is 0 Å². The number of rotatable bonds is 6. The SMILES string of the molecule is CN(C)c1ccc(-c2ccc(-c3ccc(N(C)C)cc3)c(-c3ccc(N(C)C)cc3)c2)cc1. The maximum atomic E-state index is 2.32. The van der Waals surface area contributed by atoms with Crippen LogP contribution in [-0.4, -0.2) is 42.3 Å². The second-order valence-electron chi connectivity index (χ2n) is 9.08. The van der Waals surface area contributed by atoms with Crippen LogP contribution < -0.4 is 14.7 Å². The standard InChI is InChI=1S/C30H33N3/c1-31(2)26-14-7-22(8-15-26)25-13-20-29(23-9-16-27(17-10-23)32(3)4)30(21-25)24-11-18-28(19-12-24)33(5)6/h7-21H,1-6H3. The Kier molecular flexibility index (Phi) is 6.41. The number of benzene rings is 4. The Morgan fingerprint density at radius 1 is 0.333 bits per heavy atom. The van der Waals surface area contributed by atoms with Crippen molar-refractivity contribution in [2.24, 2.45) is 0 Å². The zero-order valence-electron chi connectivity index (χ0n) is 20.5. The summed E-state index contributed by atoms with van der Waals surface area (Å²) in [6.07, 6.45) is 0. The summed E-state index contributed by atoms with van der Waals surface area (Å²) in [6.45, 7) is 0. The summed E-state index contributed by atoms with van der Waals surface area (Å²) >= 11 is 0. The summed E-state index contributed by atoms with van der Waals surface area (Å²) in [5, 5.41) is 0. The normalized spacial score (nSPS) is 10.7. The molecule has 0 amide bonds. The second-order valence-corrected chi connectivity index (χ2v) is 9.08. The molecule has 4 rings (SSSR count). The van der Waals surface area contributed by atoms with Gasteiger partial charge in [-0.15, -0.1) is 0 Å². The molecule has 3 heteroatoms. The molecule has 0 aromatic heterocycles. The van der Waals surface area contributed by atoms with E-state index in [4.69, 9.17) is 0 Å². The molecule has 4 aromatic carbocycles. The smallest absolute Gasteiger partial charge is 0.0361 e. The summed E-state index contributed by atoms with van der Waals surface area (Å²) in [5.41, 5.74) is 11.0.